The van der Waals surface area contributed by atoms with Crippen LogP contribution < -0.4 is 15.4 Å². The molecule has 2 aromatic rings. The molecule has 25 heavy (non-hydrogen) atoms. The van der Waals surface area contributed by atoms with Crippen LogP contribution in [0.15, 0.2) is 53.4 Å². The monoisotopic (exact) mass is 358 g/mol. The van der Waals surface area contributed by atoms with Gasteiger partial charge in [0.25, 0.3) is 0 Å². The van der Waals surface area contributed by atoms with E-state index in [0.717, 1.165) is 28.3 Å². The Hall–Kier alpha value is -2.47. The number of nitrogens with one attached hydrogen (secondary N) is 2. The minimum absolute atomic E-state index is 0.00412. The summed E-state index contributed by atoms with van der Waals surface area (Å²) in [5, 5.41) is 5.63. The number of rotatable bonds is 8. The van der Waals surface area contributed by atoms with E-state index in [1.807, 2.05) is 48.5 Å². The molecule has 0 saturated heterocycles. The van der Waals surface area contributed by atoms with Gasteiger partial charge in [-0.2, -0.15) is 0 Å². The summed E-state index contributed by atoms with van der Waals surface area (Å²) in [4.78, 5) is 23.9. The molecule has 0 bridgehead atoms. The molecule has 5 nitrogen and oxygen atoms in total. The van der Waals surface area contributed by atoms with E-state index in [2.05, 4.69) is 10.6 Å². The van der Waals surface area contributed by atoms with E-state index in [0.29, 0.717) is 12.3 Å². The summed E-state index contributed by atoms with van der Waals surface area (Å²) in [5.74, 6) is 1.09. The molecule has 132 valence electrons. The van der Waals surface area contributed by atoms with Crippen LogP contribution >= 0.6 is 11.8 Å². The Labute approximate surface area is 152 Å². The first-order valence-corrected chi connectivity index (χ1v) is 8.95. The van der Waals surface area contributed by atoms with E-state index in [-0.39, 0.29) is 11.8 Å². The van der Waals surface area contributed by atoms with Gasteiger partial charge in [-0.1, -0.05) is 12.1 Å². The summed E-state index contributed by atoms with van der Waals surface area (Å²) in [6.07, 6.45) is 0.784. The third-order valence-electron chi connectivity index (χ3n) is 3.44. The third kappa shape index (κ3) is 6.89. The first kappa shape index (κ1) is 18.9. The van der Waals surface area contributed by atoms with E-state index in [9.17, 15) is 9.59 Å². The van der Waals surface area contributed by atoms with Crippen LogP contribution in [0.4, 0.5) is 5.69 Å². The lowest BCUT2D eigenvalue weighted by atomic mass is 10.1. The summed E-state index contributed by atoms with van der Waals surface area (Å²) < 4.78 is 5.12. The lowest BCUT2D eigenvalue weighted by Gasteiger charge is -2.07. The first-order valence-electron chi connectivity index (χ1n) is 7.97. The van der Waals surface area contributed by atoms with Crippen molar-refractivity contribution in [2.75, 3.05) is 24.7 Å². The number of benzene rings is 2. The van der Waals surface area contributed by atoms with E-state index in [1.165, 1.54) is 18.7 Å². The van der Waals surface area contributed by atoms with Crippen molar-refractivity contribution in [3.63, 3.8) is 0 Å². The predicted molar refractivity (Wildman–Crippen MR) is 101 cm³/mol. The SMILES string of the molecule is COc1ccc(CCNC(=O)CSc2ccc(NC(C)=O)cc2)cc1. The molecule has 0 aliphatic rings. The molecule has 0 saturated carbocycles. The maximum atomic E-state index is 11.9. The molecule has 0 atom stereocenters. The Morgan fingerprint density at radius 3 is 2.32 bits per heavy atom. The Morgan fingerprint density at radius 2 is 1.72 bits per heavy atom. The summed E-state index contributed by atoms with van der Waals surface area (Å²) in [6.45, 7) is 2.08. The van der Waals surface area contributed by atoms with Gasteiger partial charge in [0.15, 0.2) is 0 Å². The van der Waals surface area contributed by atoms with Crippen molar-refractivity contribution in [2.45, 2.75) is 18.2 Å². The molecule has 2 rings (SSSR count). The van der Waals surface area contributed by atoms with Crippen molar-refractivity contribution in [3.05, 3.63) is 54.1 Å². The minimum Gasteiger partial charge on any atom is -0.497 e. The van der Waals surface area contributed by atoms with Gasteiger partial charge in [-0.25, -0.2) is 0 Å². The Bertz CT molecular complexity index is 700. The molecule has 0 spiro atoms. The Balaban J connectivity index is 1.68. The van der Waals surface area contributed by atoms with Crippen molar-refractivity contribution in [2.24, 2.45) is 0 Å². The number of ether oxygens (including phenoxy) is 1. The molecule has 2 amide bonds. The van der Waals surface area contributed by atoms with Crippen LogP contribution in [0, 0.1) is 0 Å². The van der Waals surface area contributed by atoms with Crippen molar-refractivity contribution in [1.82, 2.24) is 5.32 Å². The fourth-order valence-corrected chi connectivity index (χ4v) is 2.90. The zero-order valence-electron chi connectivity index (χ0n) is 14.4. The van der Waals surface area contributed by atoms with Gasteiger partial charge in [0.2, 0.25) is 11.8 Å². The Morgan fingerprint density at radius 1 is 1.04 bits per heavy atom. The van der Waals surface area contributed by atoms with E-state index in [4.69, 9.17) is 4.74 Å². The summed E-state index contributed by atoms with van der Waals surface area (Å²) in [5.41, 5.74) is 1.91. The Kier molecular flexibility index (Phi) is 7.35. The molecule has 0 fully saturated rings. The number of amides is 2. The topological polar surface area (TPSA) is 67.4 Å². The molecule has 0 aromatic heterocycles. The second-order valence-corrected chi connectivity index (χ2v) is 6.49. The number of carbonyl (C=O) groups excluding carboxylic acids is 2. The van der Waals surface area contributed by atoms with Gasteiger partial charge < -0.3 is 15.4 Å². The average molecular weight is 358 g/mol. The van der Waals surface area contributed by atoms with Gasteiger partial charge in [-0.3, -0.25) is 9.59 Å². The molecular formula is C19H22N2O3S. The van der Waals surface area contributed by atoms with Crippen LogP contribution in [0.3, 0.4) is 0 Å². The van der Waals surface area contributed by atoms with Crippen molar-refractivity contribution in [3.8, 4) is 5.75 Å². The van der Waals surface area contributed by atoms with Crippen LogP contribution in [0.5, 0.6) is 5.75 Å². The fraction of sp³-hybridized carbons (Fsp3) is 0.263. The first-order chi connectivity index (χ1) is 12.1. The number of anilines is 1. The zero-order chi connectivity index (χ0) is 18.1. The number of carbonyl (C=O) groups is 2. The number of methoxy groups -OCH3 is 1. The highest BCUT2D eigenvalue weighted by molar-refractivity contribution is 8.00. The van der Waals surface area contributed by atoms with Crippen molar-refractivity contribution < 1.29 is 14.3 Å². The quantitative estimate of drug-likeness (QED) is 0.712. The highest BCUT2D eigenvalue weighted by atomic mass is 32.2. The van der Waals surface area contributed by atoms with Gasteiger partial charge in [0.1, 0.15) is 5.75 Å². The lowest BCUT2D eigenvalue weighted by molar-refractivity contribution is -0.118. The standard InChI is InChI=1S/C19H22N2O3S/c1-14(22)21-16-5-9-18(10-6-16)25-13-19(23)20-12-11-15-3-7-17(24-2)8-4-15/h3-10H,11-13H2,1-2H3,(H,20,23)(H,21,22). The van der Waals surface area contributed by atoms with Gasteiger partial charge >= 0.3 is 0 Å². The van der Waals surface area contributed by atoms with Crippen molar-refractivity contribution >= 4 is 29.3 Å². The van der Waals surface area contributed by atoms with Crippen LogP contribution in [-0.2, 0) is 16.0 Å². The van der Waals surface area contributed by atoms with Crippen LogP contribution in [0.25, 0.3) is 0 Å². The molecule has 0 radical (unpaired) electrons. The molecule has 2 N–H and O–H groups in total. The maximum absolute atomic E-state index is 11.9. The fourth-order valence-electron chi connectivity index (χ4n) is 2.18. The molecule has 0 heterocycles. The van der Waals surface area contributed by atoms with E-state index < -0.39 is 0 Å². The van der Waals surface area contributed by atoms with Crippen LogP contribution in [0.1, 0.15) is 12.5 Å². The second kappa shape index (κ2) is 9.74. The van der Waals surface area contributed by atoms with Crippen LogP contribution in [0.2, 0.25) is 0 Å². The molecular weight excluding hydrogens is 336 g/mol. The number of hydrogen-bond donors (Lipinski definition) is 2. The molecule has 2 aromatic carbocycles. The predicted octanol–water partition coefficient (Wildman–Crippen LogP) is 3.10. The van der Waals surface area contributed by atoms with Gasteiger partial charge in [0.05, 0.1) is 12.9 Å². The highest BCUT2D eigenvalue weighted by Crippen LogP contribution is 2.20. The van der Waals surface area contributed by atoms with Gasteiger partial charge in [-0.15, -0.1) is 11.8 Å². The average Bonchev–Trinajstić information content (AvgIpc) is 2.61. The molecule has 6 heteroatoms. The minimum atomic E-state index is -0.100. The van der Waals surface area contributed by atoms with E-state index in [1.54, 1.807) is 7.11 Å². The van der Waals surface area contributed by atoms with Crippen LogP contribution in [-0.4, -0.2) is 31.2 Å². The van der Waals surface area contributed by atoms with E-state index >= 15 is 0 Å². The summed E-state index contributed by atoms with van der Waals surface area (Å²) >= 11 is 1.47. The smallest absolute Gasteiger partial charge is 0.230 e. The van der Waals surface area contributed by atoms with Gasteiger partial charge in [0, 0.05) is 24.1 Å². The van der Waals surface area contributed by atoms with Crippen molar-refractivity contribution in [1.29, 1.82) is 0 Å². The third-order valence-corrected chi connectivity index (χ3v) is 4.45. The largest absolute Gasteiger partial charge is 0.497 e. The summed E-state index contributed by atoms with van der Waals surface area (Å²) in [6, 6.07) is 15.2. The number of thioether (sulfide) groups is 1. The summed E-state index contributed by atoms with van der Waals surface area (Å²) in [7, 11) is 1.64. The second-order valence-electron chi connectivity index (χ2n) is 5.44. The normalized spacial score (nSPS) is 10.2. The zero-order valence-corrected chi connectivity index (χ0v) is 15.2. The lowest BCUT2D eigenvalue weighted by Crippen LogP contribution is -2.27. The van der Waals surface area contributed by atoms with Gasteiger partial charge in [-0.05, 0) is 48.4 Å². The molecule has 0 aliphatic heterocycles. The number of hydrogen-bond acceptors (Lipinski definition) is 4. The molecule has 0 aliphatic carbocycles. The highest BCUT2D eigenvalue weighted by Gasteiger charge is 2.03. The molecule has 0 unspecified atom stereocenters. The maximum Gasteiger partial charge on any atom is 0.230 e.